The van der Waals surface area contributed by atoms with Crippen LogP contribution in [0.25, 0.3) is 0 Å². The van der Waals surface area contributed by atoms with E-state index in [-0.39, 0.29) is 5.25 Å². The van der Waals surface area contributed by atoms with Crippen LogP contribution >= 0.6 is 27.7 Å². The second-order valence-corrected chi connectivity index (χ2v) is 8.91. The third-order valence-electron chi connectivity index (χ3n) is 3.10. The molecule has 0 saturated carbocycles. The minimum absolute atomic E-state index is 0.278. The summed E-state index contributed by atoms with van der Waals surface area (Å²) in [6.45, 7) is 8.76. The van der Waals surface area contributed by atoms with E-state index in [9.17, 15) is 9.18 Å². The Morgan fingerprint density at radius 1 is 1.46 bits per heavy atom. The van der Waals surface area contributed by atoms with E-state index in [1.807, 2.05) is 0 Å². The van der Waals surface area contributed by atoms with Gasteiger partial charge in [0.25, 0.3) is 0 Å². The minimum atomic E-state index is -1.02. The zero-order chi connectivity index (χ0) is 18.5. The molecule has 1 amide bonds. The number of alkyl carbamates (subject to hydrolysis) is 1. The minimum Gasteiger partial charge on any atom is -0.444 e. The lowest BCUT2D eigenvalue weighted by Gasteiger charge is -2.33. The number of carbonyl (C=O) groups is 1. The molecule has 132 valence electrons. The summed E-state index contributed by atoms with van der Waals surface area (Å²) in [6, 6.07) is 6.69. The van der Waals surface area contributed by atoms with Gasteiger partial charge in [-0.3, -0.25) is 0 Å². The van der Waals surface area contributed by atoms with Crippen LogP contribution in [0.3, 0.4) is 0 Å². The molecule has 1 aromatic carbocycles. The summed E-state index contributed by atoms with van der Waals surface area (Å²) >= 11 is 4.67. The molecule has 1 rings (SSSR count). The number of amides is 1. The first-order valence-corrected chi connectivity index (χ1v) is 9.29. The summed E-state index contributed by atoms with van der Waals surface area (Å²) in [6.07, 6.45) is -0.630. The Balaban J connectivity index is 3.14. The van der Waals surface area contributed by atoms with Crippen molar-refractivity contribution >= 4 is 33.8 Å². The summed E-state index contributed by atoms with van der Waals surface area (Å²) in [7, 11) is 0. The number of hydrogen-bond acceptors (Lipinski definition) is 4. The summed E-state index contributed by atoms with van der Waals surface area (Å²) in [5, 5.41) is 11.5. The normalized spacial score (nSPS) is 15.1. The maximum atomic E-state index is 14.4. The van der Waals surface area contributed by atoms with Gasteiger partial charge in [-0.25, -0.2) is 9.18 Å². The average molecular weight is 417 g/mol. The van der Waals surface area contributed by atoms with E-state index in [1.54, 1.807) is 46.8 Å². The van der Waals surface area contributed by atoms with E-state index in [1.165, 1.54) is 17.8 Å². The van der Waals surface area contributed by atoms with Crippen LogP contribution in [0.1, 0.15) is 40.2 Å². The topological polar surface area (TPSA) is 62.1 Å². The Morgan fingerprint density at radius 3 is 2.62 bits per heavy atom. The molecule has 0 aliphatic heterocycles. The number of nitriles is 1. The van der Waals surface area contributed by atoms with Crippen molar-refractivity contribution in [2.24, 2.45) is 0 Å². The highest BCUT2D eigenvalue weighted by molar-refractivity contribution is 9.10. The molecule has 1 N–H and O–H groups in total. The summed E-state index contributed by atoms with van der Waals surface area (Å²) in [5.74, 6) is -0.101. The molecule has 0 saturated heterocycles. The van der Waals surface area contributed by atoms with E-state index in [0.717, 1.165) is 0 Å². The number of thioether (sulfide) groups is 1. The van der Waals surface area contributed by atoms with Crippen molar-refractivity contribution in [2.75, 3.05) is 5.75 Å². The Morgan fingerprint density at radius 2 is 2.08 bits per heavy atom. The lowest BCUT2D eigenvalue weighted by atomic mass is 9.93. The molecule has 4 nitrogen and oxygen atoms in total. The van der Waals surface area contributed by atoms with E-state index < -0.39 is 23.1 Å². The van der Waals surface area contributed by atoms with Crippen molar-refractivity contribution < 1.29 is 13.9 Å². The van der Waals surface area contributed by atoms with Crippen molar-refractivity contribution in [3.63, 3.8) is 0 Å². The van der Waals surface area contributed by atoms with Crippen molar-refractivity contribution in [3.05, 3.63) is 34.1 Å². The van der Waals surface area contributed by atoms with Gasteiger partial charge >= 0.3 is 6.09 Å². The number of nitrogens with zero attached hydrogens (tertiary/aromatic N) is 1. The van der Waals surface area contributed by atoms with Crippen LogP contribution in [-0.2, 0) is 10.3 Å². The number of hydrogen-bond donors (Lipinski definition) is 1. The molecular formula is C17H22BrFN2O2S. The summed E-state index contributed by atoms with van der Waals surface area (Å²) in [5.41, 5.74) is -1.35. The van der Waals surface area contributed by atoms with Crippen molar-refractivity contribution in [3.8, 4) is 6.07 Å². The molecule has 0 bridgehead atoms. The molecule has 0 radical (unpaired) electrons. The van der Waals surface area contributed by atoms with Gasteiger partial charge in [-0.05, 0) is 52.8 Å². The zero-order valence-corrected chi connectivity index (χ0v) is 16.8. The Kier molecular flexibility index (Phi) is 7.11. The Bertz CT molecular complexity index is 642. The fourth-order valence-electron chi connectivity index (χ4n) is 1.96. The second kappa shape index (κ2) is 8.21. The van der Waals surface area contributed by atoms with Crippen LogP contribution in [-0.4, -0.2) is 22.7 Å². The molecule has 0 fully saturated rings. The SMILES string of the molecule is C[C@@H](C#N)SC[C@](C)(NC(=O)OC(C)(C)C)c1cc(Br)ccc1F. The van der Waals surface area contributed by atoms with Crippen molar-refractivity contribution in [1.82, 2.24) is 5.32 Å². The van der Waals surface area contributed by atoms with Gasteiger partial charge in [0, 0.05) is 15.8 Å². The highest BCUT2D eigenvalue weighted by Crippen LogP contribution is 2.31. The zero-order valence-electron chi connectivity index (χ0n) is 14.4. The largest absolute Gasteiger partial charge is 0.444 e. The third kappa shape index (κ3) is 6.33. The van der Waals surface area contributed by atoms with Gasteiger partial charge in [-0.15, -0.1) is 11.8 Å². The molecule has 0 spiro atoms. The molecule has 2 atom stereocenters. The molecule has 0 aromatic heterocycles. The third-order valence-corrected chi connectivity index (χ3v) is 4.95. The van der Waals surface area contributed by atoms with Gasteiger partial charge in [-0.2, -0.15) is 5.26 Å². The van der Waals surface area contributed by atoms with Crippen LogP contribution in [0.15, 0.2) is 22.7 Å². The molecular weight excluding hydrogens is 395 g/mol. The van der Waals surface area contributed by atoms with Gasteiger partial charge in [-0.1, -0.05) is 15.9 Å². The lowest BCUT2D eigenvalue weighted by molar-refractivity contribution is 0.0471. The predicted molar refractivity (Wildman–Crippen MR) is 98.4 cm³/mol. The molecule has 0 aliphatic carbocycles. The molecule has 24 heavy (non-hydrogen) atoms. The van der Waals surface area contributed by atoms with Crippen LogP contribution in [0, 0.1) is 17.1 Å². The van der Waals surface area contributed by atoms with E-state index in [0.29, 0.717) is 15.8 Å². The van der Waals surface area contributed by atoms with Crippen LogP contribution in [0.2, 0.25) is 0 Å². The van der Waals surface area contributed by atoms with E-state index in [2.05, 4.69) is 27.3 Å². The van der Waals surface area contributed by atoms with Gasteiger partial charge in [0.1, 0.15) is 11.4 Å². The molecule has 0 heterocycles. The van der Waals surface area contributed by atoms with Gasteiger partial charge in [0.15, 0.2) is 0 Å². The molecule has 7 heteroatoms. The van der Waals surface area contributed by atoms with E-state index >= 15 is 0 Å². The highest BCUT2D eigenvalue weighted by atomic mass is 79.9. The standard InChI is InChI=1S/C17H22BrFN2O2S/c1-11(9-20)24-10-17(5,21-15(22)23-16(2,3)4)13-8-12(18)6-7-14(13)19/h6-8,11H,10H2,1-5H3,(H,21,22)/t11-,17-/m0/s1. The Labute approximate surface area is 155 Å². The molecule has 0 aliphatic rings. The first-order valence-electron chi connectivity index (χ1n) is 7.45. The summed E-state index contributed by atoms with van der Waals surface area (Å²) < 4.78 is 20.4. The Hall–Kier alpha value is -1.26. The maximum absolute atomic E-state index is 14.4. The number of carbonyl (C=O) groups excluding carboxylic acids is 1. The smallest absolute Gasteiger partial charge is 0.408 e. The van der Waals surface area contributed by atoms with Gasteiger partial charge in [0.05, 0.1) is 16.9 Å². The lowest BCUT2D eigenvalue weighted by Crippen LogP contribution is -2.48. The number of rotatable bonds is 5. The second-order valence-electron chi connectivity index (χ2n) is 6.67. The number of benzene rings is 1. The fourth-order valence-corrected chi connectivity index (χ4v) is 3.21. The first-order chi connectivity index (χ1) is 11.0. The predicted octanol–water partition coefficient (Wildman–Crippen LogP) is 4.97. The van der Waals surface area contributed by atoms with E-state index in [4.69, 9.17) is 10.00 Å². The molecule has 1 aromatic rings. The maximum Gasteiger partial charge on any atom is 0.408 e. The van der Waals surface area contributed by atoms with Crippen LogP contribution < -0.4 is 5.32 Å². The van der Waals surface area contributed by atoms with Crippen molar-refractivity contribution in [1.29, 1.82) is 5.26 Å². The monoisotopic (exact) mass is 416 g/mol. The number of ether oxygens (including phenoxy) is 1. The molecule has 0 unspecified atom stereocenters. The highest BCUT2D eigenvalue weighted by Gasteiger charge is 2.34. The summed E-state index contributed by atoms with van der Waals surface area (Å²) in [4.78, 5) is 12.2. The van der Waals surface area contributed by atoms with Crippen LogP contribution in [0.4, 0.5) is 9.18 Å². The van der Waals surface area contributed by atoms with Crippen molar-refractivity contribution in [2.45, 2.75) is 51.0 Å². The average Bonchev–Trinajstić information content (AvgIpc) is 2.45. The quantitative estimate of drug-likeness (QED) is 0.735. The van der Waals surface area contributed by atoms with Gasteiger partial charge < -0.3 is 10.1 Å². The first kappa shape index (κ1) is 20.8. The number of nitrogens with one attached hydrogen (secondary N) is 1. The fraction of sp³-hybridized carbons (Fsp3) is 0.529. The van der Waals surface area contributed by atoms with Gasteiger partial charge in [0.2, 0.25) is 0 Å². The van der Waals surface area contributed by atoms with Crippen LogP contribution in [0.5, 0.6) is 0 Å². The number of halogens is 2.